The van der Waals surface area contributed by atoms with Gasteiger partial charge in [0.2, 0.25) is 5.91 Å². The first-order chi connectivity index (χ1) is 8.18. The van der Waals surface area contributed by atoms with E-state index in [1.807, 2.05) is 0 Å². The lowest BCUT2D eigenvalue weighted by atomic mass is 10.0. The average molecular weight is 234 g/mol. The average Bonchev–Trinajstić information content (AvgIpc) is 3.17. The van der Waals surface area contributed by atoms with Crippen LogP contribution in [0.15, 0.2) is 12.3 Å². The number of amides is 1. The standard InChI is InChI=1S/C12H18N4O/c13-10-3-6-16(15-10)7-11(17)14-8-12(4-5-12)9-1-2-9/h3,6,9H,1-2,4-5,7-8H2,(H2,13,15)(H,14,17). The molecule has 0 saturated heterocycles. The second kappa shape index (κ2) is 3.75. The minimum atomic E-state index is 0.0278. The van der Waals surface area contributed by atoms with Gasteiger partial charge in [-0.05, 0) is 43.1 Å². The fraction of sp³-hybridized carbons (Fsp3) is 0.667. The number of carbonyl (C=O) groups is 1. The smallest absolute Gasteiger partial charge is 0.241 e. The molecule has 3 N–H and O–H groups in total. The van der Waals surface area contributed by atoms with Crippen molar-refractivity contribution in [3.05, 3.63) is 12.3 Å². The van der Waals surface area contributed by atoms with E-state index in [4.69, 9.17) is 5.73 Å². The molecule has 3 rings (SSSR count). The van der Waals surface area contributed by atoms with Crippen LogP contribution in [0.1, 0.15) is 25.7 Å². The molecule has 0 aromatic carbocycles. The van der Waals surface area contributed by atoms with Crippen molar-refractivity contribution >= 4 is 11.7 Å². The first kappa shape index (κ1) is 10.6. The van der Waals surface area contributed by atoms with Gasteiger partial charge in [0.05, 0.1) is 0 Å². The Bertz CT molecular complexity index is 431. The first-order valence-electron chi connectivity index (χ1n) is 6.24. The molecule has 1 heterocycles. The van der Waals surface area contributed by atoms with Gasteiger partial charge in [-0.1, -0.05) is 0 Å². The number of hydrogen-bond acceptors (Lipinski definition) is 3. The molecule has 0 bridgehead atoms. The molecular weight excluding hydrogens is 216 g/mol. The zero-order valence-corrected chi connectivity index (χ0v) is 9.85. The molecule has 17 heavy (non-hydrogen) atoms. The lowest BCUT2D eigenvalue weighted by molar-refractivity contribution is -0.122. The van der Waals surface area contributed by atoms with Crippen molar-refractivity contribution < 1.29 is 4.79 Å². The maximum Gasteiger partial charge on any atom is 0.241 e. The summed E-state index contributed by atoms with van der Waals surface area (Å²) in [6, 6.07) is 1.69. The second-order valence-electron chi connectivity index (χ2n) is 5.35. The molecule has 2 aliphatic rings. The van der Waals surface area contributed by atoms with Gasteiger partial charge in [0.25, 0.3) is 0 Å². The van der Waals surface area contributed by atoms with Crippen LogP contribution in [0.25, 0.3) is 0 Å². The lowest BCUT2D eigenvalue weighted by Gasteiger charge is -2.14. The van der Waals surface area contributed by atoms with E-state index in [0.717, 1.165) is 12.5 Å². The highest BCUT2D eigenvalue weighted by Crippen LogP contribution is 2.60. The molecular formula is C12H18N4O. The van der Waals surface area contributed by atoms with Crippen LogP contribution < -0.4 is 11.1 Å². The number of carbonyl (C=O) groups excluding carboxylic acids is 1. The van der Waals surface area contributed by atoms with E-state index in [-0.39, 0.29) is 12.5 Å². The van der Waals surface area contributed by atoms with E-state index in [2.05, 4.69) is 10.4 Å². The molecule has 1 aromatic rings. The van der Waals surface area contributed by atoms with Gasteiger partial charge in [0.15, 0.2) is 0 Å². The Morgan fingerprint density at radius 3 is 2.88 bits per heavy atom. The summed E-state index contributed by atoms with van der Waals surface area (Å²) in [5.41, 5.74) is 5.95. The third-order valence-corrected chi connectivity index (χ3v) is 3.94. The van der Waals surface area contributed by atoms with E-state index in [9.17, 15) is 4.79 Å². The summed E-state index contributed by atoms with van der Waals surface area (Å²) in [6.45, 7) is 1.10. The molecule has 0 spiro atoms. The molecule has 2 saturated carbocycles. The van der Waals surface area contributed by atoms with Crippen molar-refractivity contribution in [2.45, 2.75) is 32.2 Å². The number of nitrogens with zero attached hydrogens (tertiary/aromatic N) is 2. The summed E-state index contributed by atoms with van der Waals surface area (Å²) in [5.74, 6) is 1.36. The lowest BCUT2D eigenvalue weighted by Crippen LogP contribution is -2.33. The molecule has 5 heteroatoms. The third-order valence-electron chi connectivity index (χ3n) is 3.94. The van der Waals surface area contributed by atoms with E-state index >= 15 is 0 Å². The van der Waals surface area contributed by atoms with Crippen LogP contribution in [0.4, 0.5) is 5.82 Å². The minimum Gasteiger partial charge on any atom is -0.382 e. The van der Waals surface area contributed by atoms with Crippen molar-refractivity contribution in [1.82, 2.24) is 15.1 Å². The summed E-state index contributed by atoms with van der Waals surface area (Å²) < 4.78 is 1.57. The highest BCUT2D eigenvalue weighted by molar-refractivity contribution is 5.75. The molecule has 0 unspecified atom stereocenters. The fourth-order valence-corrected chi connectivity index (χ4v) is 2.53. The van der Waals surface area contributed by atoms with Gasteiger partial charge in [0.1, 0.15) is 12.4 Å². The van der Waals surface area contributed by atoms with E-state index < -0.39 is 0 Å². The van der Waals surface area contributed by atoms with E-state index in [1.54, 1.807) is 16.9 Å². The van der Waals surface area contributed by atoms with Crippen LogP contribution in [-0.2, 0) is 11.3 Å². The van der Waals surface area contributed by atoms with Gasteiger partial charge in [0, 0.05) is 12.7 Å². The Kier molecular flexibility index (Phi) is 2.34. The first-order valence-corrected chi connectivity index (χ1v) is 6.24. The number of anilines is 1. The van der Waals surface area contributed by atoms with Crippen molar-refractivity contribution in [1.29, 1.82) is 0 Å². The Hall–Kier alpha value is -1.52. The van der Waals surface area contributed by atoms with Crippen LogP contribution in [0.5, 0.6) is 0 Å². The molecule has 5 nitrogen and oxygen atoms in total. The molecule has 1 aromatic heterocycles. The number of aromatic nitrogens is 2. The van der Waals surface area contributed by atoms with E-state index in [1.165, 1.54) is 25.7 Å². The maximum atomic E-state index is 11.7. The molecule has 0 aliphatic heterocycles. The highest BCUT2D eigenvalue weighted by atomic mass is 16.2. The zero-order chi connectivity index (χ0) is 11.9. The van der Waals surface area contributed by atoms with Crippen molar-refractivity contribution in [3.63, 3.8) is 0 Å². The Balaban J connectivity index is 1.47. The van der Waals surface area contributed by atoms with Gasteiger partial charge in [-0.15, -0.1) is 0 Å². The maximum absolute atomic E-state index is 11.7. The quantitative estimate of drug-likeness (QED) is 0.790. The molecule has 92 valence electrons. The number of nitrogens with one attached hydrogen (secondary N) is 1. The van der Waals surface area contributed by atoms with Crippen molar-refractivity contribution in [3.8, 4) is 0 Å². The highest BCUT2D eigenvalue weighted by Gasteiger charge is 2.53. The molecule has 0 radical (unpaired) electrons. The predicted octanol–water partition coefficient (Wildman–Crippen LogP) is 0.772. The zero-order valence-electron chi connectivity index (χ0n) is 9.85. The van der Waals surface area contributed by atoms with Crippen molar-refractivity contribution in [2.24, 2.45) is 11.3 Å². The van der Waals surface area contributed by atoms with Crippen molar-refractivity contribution in [2.75, 3.05) is 12.3 Å². The monoisotopic (exact) mass is 234 g/mol. The molecule has 2 fully saturated rings. The van der Waals surface area contributed by atoms with E-state index in [0.29, 0.717) is 11.2 Å². The fourth-order valence-electron chi connectivity index (χ4n) is 2.53. The largest absolute Gasteiger partial charge is 0.382 e. The molecule has 0 atom stereocenters. The summed E-state index contributed by atoms with van der Waals surface area (Å²) in [4.78, 5) is 11.7. The Morgan fingerprint density at radius 2 is 2.35 bits per heavy atom. The second-order valence-corrected chi connectivity index (χ2v) is 5.35. The van der Waals surface area contributed by atoms with Gasteiger partial charge in [-0.2, -0.15) is 5.10 Å². The minimum absolute atomic E-state index is 0.0278. The van der Waals surface area contributed by atoms with Gasteiger partial charge in [-0.25, -0.2) is 0 Å². The summed E-state index contributed by atoms with van der Waals surface area (Å²) in [5, 5.41) is 7.02. The number of rotatable bonds is 5. The topological polar surface area (TPSA) is 72.9 Å². The van der Waals surface area contributed by atoms with Gasteiger partial charge < -0.3 is 11.1 Å². The van der Waals surface area contributed by atoms with Gasteiger partial charge >= 0.3 is 0 Å². The predicted molar refractivity (Wildman–Crippen MR) is 64.0 cm³/mol. The Labute approximate surface area is 100 Å². The normalized spacial score (nSPS) is 21.2. The summed E-state index contributed by atoms with van der Waals surface area (Å²) >= 11 is 0. The SMILES string of the molecule is Nc1ccn(CC(=O)NCC2(C3CC3)CC2)n1. The molecule has 2 aliphatic carbocycles. The number of hydrogen-bond donors (Lipinski definition) is 2. The third kappa shape index (κ3) is 2.28. The summed E-state index contributed by atoms with van der Waals surface area (Å²) in [7, 11) is 0. The molecule has 1 amide bonds. The van der Waals surface area contributed by atoms with Crippen LogP contribution >= 0.6 is 0 Å². The summed E-state index contributed by atoms with van der Waals surface area (Å²) in [6.07, 6.45) is 7.00. The van der Waals surface area contributed by atoms with Crippen LogP contribution in [0, 0.1) is 11.3 Å². The van der Waals surface area contributed by atoms with Crippen LogP contribution in [0.2, 0.25) is 0 Å². The Morgan fingerprint density at radius 1 is 1.59 bits per heavy atom. The number of nitrogens with two attached hydrogens (primary N) is 1. The van der Waals surface area contributed by atoms with Crippen LogP contribution in [0.3, 0.4) is 0 Å². The van der Waals surface area contributed by atoms with Crippen LogP contribution in [-0.4, -0.2) is 22.2 Å². The number of nitrogen functional groups attached to an aromatic ring is 1. The van der Waals surface area contributed by atoms with Gasteiger partial charge in [-0.3, -0.25) is 9.48 Å².